The van der Waals surface area contributed by atoms with Crippen LogP contribution in [0.3, 0.4) is 0 Å². The van der Waals surface area contributed by atoms with Gasteiger partial charge in [0, 0.05) is 37.3 Å². The summed E-state index contributed by atoms with van der Waals surface area (Å²) in [6.45, 7) is 1.99. The largest absolute Gasteiger partial charge is 0.475 e. The molecule has 1 aromatic carbocycles. The zero-order chi connectivity index (χ0) is 17.3. The molecule has 1 unspecified atom stereocenters. The van der Waals surface area contributed by atoms with Gasteiger partial charge in [-0.2, -0.15) is 0 Å². The molecule has 0 radical (unpaired) electrons. The van der Waals surface area contributed by atoms with Gasteiger partial charge < -0.3 is 15.3 Å². The third-order valence-electron chi connectivity index (χ3n) is 4.22. The number of carboxylic acid groups (broad SMARTS) is 1. The van der Waals surface area contributed by atoms with Crippen molar-refractivity contribution < 1.29 is 19.6 Å². The van der Waals surface area contributed by atoms with E-state index in [2.05, 4.69) is 10.3 Å². The van der Waals surface area contributed by atoms with Crippen molar-refractivity contribution in [1.29, 1.82) is 0 Å². The van der Waals surface area contributed by atoms with Crippen LogP contribution in [-0.2, 0) is 4.79 Å². The number of aliphatic carboxylic acids is 1. The minimum atomic E-state index is -1.58. The minimum Gasteiger partial charge on any atom is -0.475 e. The number of aliphatic imine (C=N–C) groups is 1. The van der Waals surface area contributed by atoms with Crippen LogP contribution < -0.4 is 5.32 Å². The van der Waals surface area contributed by atoms with E-state index in [1.54, 1.807) is 0 Å². The number of rotatable bonds is 4. The normalized spacial score (nSPS) is 19.8. The zero-order valence-corrected chi connectivity index (χ0v) is 12.8. The number of nitrogens with zero attached hydrogens (tertiary/aromatic N) is 3. The molecule has 3 rings (SSSR count). The van der Waals surface area contributed by atoms with Crippen LogP contribution in [0.1, 0.15) is 34.8 Å². The number of nitro groups is 1. The van der Waals surface area contributed by atoms with E-state index < -0.39 is 16.7 Å². The van der Waals surface area contributed by atoms with Gasteiger partial charge in [-0.05, 0) is 24.5 Å². The molecular formula is C15H16N4O5. The molecule has 24 heavy (non-hydrogen) atoms. The first-order valence-corrected chi connectivity index (χ1v) is 7.60. The van der Waals surface area contributed by atoms with Gasteiger partial charge >= 0.3 is 5.97 Å². The molecule has 2 heterocycles. The van der Waals surface area contributed by atoms with Crippen LogP contribution in [0.2, 0.25) is 0 Å². The van der Waals surface area contributed by atoms with Gasteiger partial charge in [-0.25, -0.2) is 4.79 Å². The van der Waals surface area contributed by atoms with Gasteiger partial charge in [0.1, 0.15) is 0 Å². The molecule has 126 valence electrons. The summed E-state index contributed by atoms with van der Waals surface area (Å²) < 4.78 is 0. The standard InChI is InChI=1S/C15H16N4O5/c20-13(14(21)22)10-3-2-9(19(23)24)8-11(10)12-4-6-17-15-16-5-1-7-18(12)15/h2-3,8,12H,1,4-7H2,(H,16,17)(H,21,22). The summed E-state index contributed by atoms with van der Waals surface area (Å²) in [6.07, 6.45) is 1.43. The van der Waals surface area contributed by atoms with Crippen LogP contribution in [0.15, 0.2) is 23.2 Å². The molecule has 1 aromatic rings. The highest BCUT2D eigenvalue weighted by atomic mass is 16.6. The van der Waals surface area contributed by atoms with E-state index in [-0.39, 0.29) is 17.3 Å². The second-order valence-electron chi connectivity index (χ2n) is 5.65. The molecule has 2 aliphatic rings. The van der Waals surface area contributed by atoms with Gasteiger partial charge in [-0.1, -0.05) is 0 Å². The lowest BCUT2D eigenvalue weighted by Gasteiger charge is -2.40. The Bertz CT molecular complexity index is 745. The van der Waals surface area contributed by atoms with Crippen LogP contribution in [0.4, 0.5) is 5.69 Å². The third-order valence-corrected chi connectivity index (χ3v) is 4.22. The predicted molar refractivity (Wildman–Crippen MR) is 84.0 cm³/mol. The number of guanidine groups is 1. The van der Waals surface area contributed by atoms with Crippen molar-refractivity contribution >= 4 is 23.4 Å². The van der Waals surface area contributed by atoms with Crippen molar-refractivity contribution in [3.8, 4) is 0 Å². The first-order valence-electron chi connectivity index (χ1n) is 7.60. The summed E-state index contributed by atoms with van der Waals surface area (Å²) in [5, 5.41) is 23.3. The lowest BCUT2D eigenvalue weighted by molar-refractivity contribution is -0.385. The van der Waals surface area contributed by atoms with Gasteiger partial charge in [0.15, 0.2) is 5.96 Å². The fourth-order valence-corrected chi connectivity index (χ4v) is 3.14. The number of ketones is 1. The number of hydrogen-bond donors (Lipinski definition) is 2. The maximum atomic E-state index is 12.0. The summed E-state index contributed by atoms with van der Waals surface area (Å²) in [7, 11) is 0. The number of carbonyl (C=O) groups is 2. The fraction of sp³-hybridized carbons (Fsp3) is 0.400. The number of carbonyl (C=O) groups excluding carboxylic acids is 1. The monoisotopic (exact) mass is 332 g/mol. The average Bonchev–Trinajstić information content (AvgIpc) is 2.60. The van der Waals surface area contributed by atoms with Crippen molar-refractivity contribution in [3.63, 3.8) is 0 Å². The summed E-state index contributed by atoms with van der Waals surface area (Å²) >= 11 is 0. The van der Waals surface area contributed by atoms with Crippen LogP contribution >= 0.6 is 0 Å². The van der Waals surface area contributed by atoms with E-state index in [0.29, 0.717) is 31.0 Å². The van der Waals surface area contributed by atoms with Gasteiger partial charge in [-0.3, -0.25) is 19.9 Å². The van der Waals surface area contributed by atoms with Crippen molar-refractivity contribution in [2.24, 2.45) is 4.99 Å². The number of nitro benzene ring substituents is 1. The van der Waals surface area contributed by atoms with Gasteiger partial charge in [0.2, 0.25) is 0 Å². The number of fused-ring (bicyclic) bond motifs is 1. The molecule has 1 atom stereocenters. The predicted octanol–water partition coefficient (Wildman–Crippen LogP) is 0.958. The Hall–Kier alpha value is -2.97. The van der Waals surface area contributed by atoms with Crippen molar-refractivity contribution in [3.05, 3.63) is 39.4 Å². The van der Waals surface area contributed by atoms with Crippen molar-refractivity contribution in [2.45, 2.75) is 18.9 Å². The number of non-ortho nitro benzene ring substituents is 1. The molecule has 9 nitrogen and oxygen atoms in total. The maximum Gasteiger partial charge on any atom is 0.377 e. The molecule has 0 aromatic heterocycles. The number of Topliss-reactive ketones (excluding diaryl/α,β-unsaturated/α-hetero) is 1. The molecule has 0 saturated carbocycles. The summed E-state index contributed by atoms with van der Waals surface area (Å²) in [6, 6.07) is 3.38. The SMILES string of the molecule is O=C(O)C(=O)c1ccc([N+](=O)[O-])cc1C1CCN=C2NCCCN21. The highest BCUT2D eigenvalue weighted by Gasteiger charge is 2.33. The van der Waals surface area contributed by atoms with Crippen LogP contribution in [0, 0.1) is 10.1 Å². The van der Waals surface area contributed by atoms with Crippen LogP contribution in [0.5, 0.6) is 0 Å². The van der Waals surface area contributed by atoms with Crippen LogP contribution in [0.25, 0.3) is 0 Å². The number of benzene rings is 1. The van der Waals surface area contributed by atoms with Crippen molar-refractivity contribution in [2.75, 3.05) is 19.6 Å². The van der Waals surface area contributed by atoms with Crippen molar-refractivity contribution in [1.82, 2.24) is 10.2 Å². The minimum absolute atomic E-state index is 0.00933. The Morgan fingerprint density at radius 2 is 2.21 bits per heavy atom. The highest BCUT2D eigenvalue weighted by molar-refractivity contribution is 6.40. The van der Waals surface area contributed by atoms with Gasteiger partial charge in [0.05, 0.1) is 11.0 Å². The Kier molecular flexibility index (Phi) is 4.15. The summed E-state index contributed by atoms with van der Waals surface area (Å²) in [4.78, 5) is 40.0. The van der Waals surface area contributed by atoms with E-state index in [1.165, 1.54) is 12.1 Å². The second-order valence-corrected chi connectivity index (χ2v) is 5.65. The van der Waals surface area contributed by atoms with E-state index in [4.69, 9.17) is 5.11 Å². The highest BCUT2D eigenvalue weighted by Crippen LogP contribution is 2.33. The molecule has 0 spiro atoms. The molecule has 2 aliphatic heterocycles. The molecule has 2 N–H and O–H groups in total. The quantitative estimate of drug-likeness (QED) is 0.364. The smallest absolute Gasteiger partial charge is 0.377 e. The Morgan fingerprint density at radius 1 is 1.42 bits per heavy atom. The zero-order valence-electron chi connectivity index (χ0n) is 12.8. The fourth-order valence-electron chi connectivity index (χ4n) is 3.14. The Morgan fingerprint density at radius 3 is 2.92 bits per heavy atom. The number of carboxylic acids is 1. The molecule has 9 heteroatoms. The average molecular weight is 332 g/mol. The first kappa shape index (κ1) is 15.9. The van der Waals surface area contributed by atoms with Gasteiger partial charge in [-0.15, -0.1) is 0 Å². The third kappa shape index (κ3) is 2.80. The number of hydrogen-bond acceptors (Lipinski definition) is 7. The molecule has 0 bridgehead atoms. The summed E-state index contributed by atoms with van der Waals surface area (Å²) in [5.74, 6) is -1.95. The maximum absolute atomic E-state index is 12.0. The van der Waals surface area contributed by atoms with Gasteiger partial charge in [0.25, 0.3) is 11.5 Å². The van der Waals surface area contributed by atoms with E-state index in [0.717, 1.165) is 19.0 Å². The summed E-state index contributed by atoms with van der Waals surface area (Å²) in [5.41, 5.74) is 0.193. The Labute approximate surface area is 137 Å². The molecule has 1 fully saturated rings. The lowest BCUT2D eigenvalue weighted by atomic mass is 9.92. The lowest BCUT2D eigenvalue weighted by Crippen LogP contribution is -2.51. The van der Waals surface area contributed by atoms with E-state index >= 15 is 0 Å². The molecule has 1 saturated heterocycles. The molecular weight excluding hydrogens is 316 g/mol. The Balaban J connectivity index is 2.08. The topological polar surface area (TPSA) is 125 Å². The van der Waals surface area contributed by atoms with E-state index in [1.807, 2.05) is 4.90 Å². The number of nitrogens with one attached hydrogen (secondary N) is 1. The molecule has 0 aliphatic carbocycles. The first-order chi connectivity index (χ1) is 11.5. The van der Waals surface area contributed by atoms with Crippen LogP contribution in [-0.4, -0.2) is 52.3 Å². The van der Waals surface area contributed by atoms with E-state index in [9.17, 15) is 19.7 Å². The molecule has 0 amide bonds. The second kappa shape index (κ2) is 6.26.